The Hall–Kier alpha value is -2.53. The van der Waals surface area contributed by atoms with Gasteiger partial charge in [-0.3, -0.25) is 4.79 Å². The molecular formula is C20H24N2O3. The highest BCUT2D eigenvalue weighted by atomic mass is 16.5. The average Bonchev–Trinajstić information content (AvgIpc) is 3.15. The topological polar surface area (TPSA) is 59.6 Å². The third kappa shape index (κ3) is 5.22. The predicted molar refractivity (Wildman–Crippen MR) is 99.1 cm³/mol. The number of para-hydroxylation sites is 1. The van der Waals surface area contributed by atoms with Crippen LogP contribution in [0.3, 0.4) is 0 Å². The number of nitrogens with one attached hydrogen (secondary N) is 2. The van der Waals surface area contributed by atoms with Gasteiger partial charge in [0.1, 0.15) is 18.4 Å². The molecule has 0 radical (unpaired) electrons. The summed E-state index contributed by atoms with van der Waals surface area (Å²) >= 11 is 0. The molecule has 5 heteroatoms. The number of amides is 1. The van der Waals surface area contributed by atoms with E-state index in [0.717, 1.165) is 36.6 Å². The molecule has 1 fully saturated rings. The van der Waals surface area contributed by atoms with Crippen LogP contribution in [0.2, 0.25) is 0 Å². The van der Waals surface area contributed by atoms with Gasteiger partial charge in [0, 0.05) is 18.0 Å². The number of hydrogen-bond acceptors (Lipinski definition) is 4. The molecule has 0 aromatic heterocycles. The number of rotatable bonds is 7. The van der Waals surface area contributed by atoms with Crippen molar-refractivity contribution in [2.24, 2.45) is 0 Å². The summed E-state index contributed by atoms with van der Waals surface area (Å²) in [5.41, 5.74) is 1.67. The molecule has 1 aliphatic heterocycles. The summed E-state index contributed by atoms with van der Waals surface area (Å²) in [4.78, 5) is 12.2. The zero-order valence-corrected chi connectivity index (χ0v) is 14.4. The van der Waals surface area contributed by atoms with Gasteiger partial charge in [-0.1, -0.05) is 18.2 Å². The smallest absolute Gasteiger partial charge is 0.246 e. The van der Waals surface area contributed by atoms with E-state index in [-0.39, 0.29) is 18.1 Å². The maximum atomic E-state index is 12.2. The van der Waals surface area contributed by atoms with Crippen LogP contribution < -0.4 is 15.4 Å². The molecule has 2 atom stereocenters. The lowest BCUT2D eigenvalue weighted by Crippen LogP contribution is -2.31. The van der Waals surface area contributed by atoms with Crippen LogP contribution in [-0.2, 0) is 9.53 Å². The van der Waals surface area contributed by atoms with Crippen molar-refractivity contribution in [3.05, 3.63) is 54.6 Å². The third-order valence-electron chi connectivity index (χ3n) is 4.13. The standard InChI is InChI=1S/C20H24N2O3/c1-15(20(23)22-16-6-3-2-4-7-16)21-17-9-11-18(12-10-17)25-14-19-8-5-13-24-19/h2-4,6-7,9-12,15,19,21H,5,8,13-14H2,1H3,(H,22,23). The molecule has 3 rings (SSSR count). The highest BCUT2D eigenvalue weighted by Crippen LogP contribution is 2.19. The van der Waals surface area contributed by atoms with Crippen LogP contribution in [0.4, 0.5) is 11.4 Å². The Bertz CT molecular complexity index is 667. The number of anilines is 2. The summed E-state index contributed by atoms with van der Waals surface area (Å²) < 4.78 is 11.3. The zero-order valence-electron chi connectivity index (χ0n) is 14.4. The molecule has 0 spiro atoms. The molecule has 2 aromatic rings. The normalized spacial score (nSPS) is 17.7. The Labute approximate surface area is 148 Å². The van der Waals surface area contributed by atoms with Gasteiger partial charge in [0.25, 0.3) is 0 Å². The van der Waals surface area contributed by atoms with E-state index in [1.165, 1.54) is 0 Å². The molecule has 0 aliphatic carbocycles. The van der Waals surface area contributed by atoms with E-state index in [2.05, 4.69) is 10.6 Å². The molecule has 132 valence electrons. The molecule has 5 nitrogen and oxygen atoms in total. The first-order valence-electron chi connectivity index (χ1n) is 8.67. The first-order chi connectivity index (χ1) is 12.2. The minimum Gasteiger partial charge on any atom is -0.491 e. The molecule has 1 heterocycles. The van der Waals surface area contributed by atoms with E-state index in [4.69, 9.17) is 9.47 Å². The third-order valence-corrected chi connectivity index (χ3v) is 4.13. The molecule has 2 unspecified atom stereocenters. The Balaban J connectivity index is 1.47. The van der Waals surface area contributed by atoms with Gasteiger partial charge in [-0.15, -0.1) is 0 Å². The Morgan fingerprint density at radius 3 is 2.60 bits per heavy atom. The molecule has 1 amide bonds. The van der Waals surface area contributed by atoms with Crippen LogP contribution in [0.1, 0.15) is 19.8 Å². The van der Waals surface area contributed by atoms with Crippen molar-refractivity contribution in [1.82, 2.24) is 0 Å². The SMILES string of the molecule is CC(Nc1ccc(OCC2CCCO2)cc1)C(=O)Nc1ccccc1. The summed E-state index contributed by atoms with van der Waals surface area (Å²) in [5.74, 6) is 0.729. The van der Waals surface area contributed by atoms with Crippen LogP contribution in [-0.4, -0.2) is 31.3 Å². The summed E-state index contributed by atoms with van der Waals surface area (Å²) in [7, 11) is 0. The number of carbonyl (C=O) groups excluding carboxylic acids is 1. The molecule has 1 aliphatic rings. The van der Waals surface area contributed by atoms with Crippen molar-refractivity contribution in [1.29, 1.82) is 0 Å². The Morgan fingerprint density at radius 2 is 1.92 bits per heavy atom. The number of ether oxygens (including phenoxy) is 2. The molecule has 2 N–H and O–H groups in total. The van der Waals surface area contributed by atoms with Gasteiger partial charge in [-0.05, 0) is 56.2 Å². The van der Waals surface area contributed by atoms with Crippen molar-refractivity contribution >= 4 is 17.3 Å². The summed E-state index contributed by atoms with van der Waals surface area (Å²) in [6, 6.07) is 16.7. The van der Waals surface area contributed by atoms with E-state index < -0.39 is 0 Å². The van der Waals surface area contributed by atoms with Crippen LogP contribution >= 0.6 is 0 Å². The second-order valence-electron chi connectivity index (χ2n) is 6.19. The summed E-state index contributed by atoms with van der Waals surface area (Å²) in [6.07, 6.45) is 2.38. The fraction of sp³-hybridized carbons (Fsp3) is 0.350. The second-order valence-corrected chi connectivity index (χ2v) is 6.19. The fourth-order valence-corrected chi connectivity index (χ4v) is 2.70. The lowest BCUT2D eigenvalue weighted by atomic mass is 10.2. The largest absolute Gasteiger partial charge is 0.491 e. The van der Waals surface area contributed by atoms with Gasteiger partial charge in [0.05, 0.1) is 6.10 Å². The van der Waals surface area contributed by atoms with E-state index in [1.54, 1.807) is 0 Å². The Morgan fingerprint density at radius 1 is 1.16 bits per heavy atom. The quantitative estimate of drug-likeness (QED) is 0.807. The molecule has 0 saturated carbocycles. The minimum absolute atomic E-state index is 0.0788. The van der Waals surface area contributed by atoms with Crippen molar-refractivity contribution in [3.8, 4) is 5.75 Å². The monoisotopic (exact) mass is 340 g/mol. The van der Waals surface area contributed by atoms with Crippen molar-refractivity contribution < 1.29 is 14.3 Å². The fourth-order valence-electron chi connectivity index (χ4n) is 2.70. The van der Waals surface area contributed by atoms with Gasteiger partial charge < -0.3 is 20.1 Å². The number of hydrogen-bond donors (Lipinski definition) is 2. The van der Waals surface area contributed by atoms with E-state index in [9.17, 15) is 4.79 Å². The molecule has 1 saturated heterocycles. The summed E-state index contributed by atoms with van der Waals surface area (Å²) in [6.45, 7) is 3.25. The first-order valence-corrected chi connectivity index (χ1v) is 8.67. The van der Waals surface area contributed by atoms with E-state index >= 15 is 0 Å². The highest BCUT2D eigenvalue weighted by Gasteiger charge is 2.16. The van der Waals surface area contributed by atoms with Crippen LogP contribution in [0, 0.1) is 0 Å². The molecule has 2 aromatic carbocycles. The van der Waals surface area contributed by atoms with Gasteiger partial charge in [0.2, 0.25) is 5.91 Å². The second kappa shape index (κ2) is 8.53. The maximum absolute atomic E-state index is 12.2. The molecule has 0 bridgehead atoms. The van der Waals surface area contributed by atoms with Crippen LogP contribution in [0.5, 0.6) is 5.75 Å². The van der Waals surface area contributed by atoms with E-state index in [0.29, 0.717) is 6.61 Å². The van der Waals surface area contributed by atoms with Crippen molar-refractivity contribution in [3.63, 3.8) is 0 Å². The average molecular weight is 340 g/mol. The Kier molecular flexibility index (Phi) is 5.90. The lowest BCUT2D eigenvalue weighted by Gasteiger charge is -2.16. The van der Waals surface area contributed by atoms with Crippen molar-refractivity contribution in [2.45, 2.75) is 31.9 Å². The maximum Gasteiger partial charge on any atom is 0.246 e. The highest BCUT2D eigenvalue weighted by molar-refractivity contribution is 5.96. The first kappa shape index (κ1) is 17.3. The van der Waals surface area contributed by atoms with E-state index in [1.807, 2.05) is 61.5 Å². The van der Waals surface area contributed by atoms with Crippen LogP contribution in [0.15, 0.2) is 54.6 Å². The van der Waals surface area contributed by atoms with Crippen LogP contribution in [0.25, 0.3) is 0 Å². The van der Waals surface area contributed by atoms with Crippen molar-refractivity contribution in [2.75, 3.05) is 23.8 Å². The zero-order chi connectivity index (χ0) is 17.5. The molecular weight excluding hydrogens is 316 g/mol. The van der Waals surface area contributed by atoms with Gasteiger partial charge >= 0.3 is 0 Å². The number of benzene rings is 2. The lowest BCUT2D eigenvalue weighted by molar-refractivity contribution is -0.116. The minimum atomic E-state index is -0.348. The van der Waals surface area contributed by atoms with Gasteiger partial charge in [-0.2, -0.15) is 0 Å². The van der Waals surface area contributed by atoms with Gasteiger partial charge in [0.15, 0.2) is 0 Å². The number of carbonyl (C=O) groups is 1. The summed E-state index contributed by atoms with van der Waals surface area (Å²) in [5, 5.41) is 6.08. The molecule has 25 heavy (non-hydrogen) atoms. The van der Waals surface area contributed by atoms with Gasteiger partial charge in [-0.25, -0.2) is 0 Å². The predicted octanol–water partition coefficient (Wildman–Crippen LogP) is 3.68.